The van der Waals surface area contributed by atoms with Gasteiger partial charge in [-0.2, -0.15) is 0 Å². The molecule has 0 amide bonds. The Labute approximate surface area is 180 Å². The van der Waals surface area contributed by atoms with Crippen molar-refractivity contribution >= 4 is 0 Å². The lowest BCUT2D eigenvalue weighted by Crippen LogP contribution is -2.50. The SMILES string of the molecule is CC/C(C)=C/CCC(C)C1CCC2C3CC=C4CC(O)CCC4(C)C3CCC12C. The zero-order valence-corrected chi connectivity index (χ0v) is 19.8. The van der Waals surface area contributed by atoms with Crippen molar-refractivity contribution in [1.29, 1.82) is 0 Å². The molecule has 8 unspecified atom stereocenters. The molecule has 1 nitrogen and oxygen atoms in total. The highest BCUT2D eigenvalue weighted by molar-refractivity contribution is 5.25. The Hall–Kier alpha value is -0.560. The van der Waals surface area contributed by atoms with Crippen molar-refractivity contribution in [2.75, 3.05) is 0 Å². The molecule has 0 radical (unpaired) electrons. The van der Waals surface area contributed by atoms with Crippen LogP contribution >= 0.6 is 0 Å². The summed E-state index contributed by atoms with van der Waals surface area (Å²) in [6.07, 6.45) is 19.1. The second-order valence-electron chi connectivity index (χ2n) is 11.8. The van der Waals surface area contributed by atoms with Crippen LogP contribution in [0, 0.1) is 40.4 Å². The Balaban J connectivity index is 1.48. The Bertz CT molecular complexity index is 659. The van der Waals surface area contributed by atoms with E-state index in [2.05, 4.69) is 46.8 Å². The first-order valence-corrected chi connectivity index (χ1v) is 12.8. The highest BCUT2D eigenvalue weighted by atomic mass is 16.3. The van der Waals surface area contributed by atoms with E-state index in [9.17, 15) is 5.11 Å². The third kappa shape index (κ3) is 3.68. The van der Waals surface area contributed by atoms with Crippen LogP contribution in [0.15, 0.2) is 23.3 Å². The number of fused-ring (bicyclic) bond motifs is 5. The number of hydrogen-bond acceptors (Lipinski definition) is 1. The van der Waals surface area contributed by atoms with Crippen LogP contribution < -0.4 is 0 Å². The van der Waals surface area contributed by atoms with Crippen LogP contribution in [0.5, 0.6) is 0 Å². The molecule has 1 heteroatoms. The van der Waals surface area contributed by atoms with Gasteiger partial charge in [-0.3, -0.25) is 0 Å². The minimum atomic E-state index is -0.0816. The summed E-state index contributed by atoms with van der Waals surface area (Å²) in [6.45, 7) is 12.4. The summed E-state index contributed by atoms with van der Waals surface area (Å²) in [5.74, 6) is 4.49. The second-order valence-corrected chi connectivity index (χ2v) is 11.8. The van der Waals surface area contributed by atoms with Gasteiger partial charge in [-0.1, -0.05) is 51.0 Å². The highest BCUT2D eigenvalue weighted by Gasteiger charge is 2.59. The molecular weight excluding hydrogens is 352 g/mol. The van der Waals surface area contributed by atoms with E-state index in [1.54, 1.807) is 11.1 Å². The van der Waals surface area contributed by atoms with E-state index in [1.165, 1.54) is 57.8 Å². The average Bonchev–Trinajstić information content (AvgIpc) is 3.05. The van der Waals surface area contributed by atoms with E-state index < -0.39 is 0 Å². The van der Waals surface area contributed by atoms with Gasteiger partial charge in [0.25, 0.3) is 0 Å². The van der Waals surface area contributed by atoms with Gasteiger partial charge < -0.3 is 5.11 Å². The molecule has 0 heterocycles. The normalized spacial score (nSPS) is 45.8. The van der Waals surface area contributed by atoms with Gasteiger partial charge in [0.2, 0.25) is 0 Å². The molecule has 164 valence electrons. The lowest BCUT2D eigenvalue weighted by molar-refractivity contribution is -0.0571. The fourth-order valence-electron chi connectivity index (χ4n) is 8.56. The molecule has 0 spiro atoms. The van der Waals surface area contributed by atoms with E-state index in [0.29, 0.717) is 10.8 Å². The summed E-state index contributed by atoms with van der Waals surface area (Å²) < 4.78 is 0. The number of aliphatic hydroxyl groups excluding tert-OH is 1. The summed E-state index contributed by atoms with van der Waals surface area (Å²) in [6, 6.07) is 0. The van der Waals surface area contributed by atoms with Gasteiger partial charge in [0.05, 0.1) is 6.10 Å². The predicted octanol–water partition coefficient (Wildman–Crippen LogP) is 7.70. The minimum Gasteiger partial charge on any atom is -0.393 e. The number of allylic oxidation sites excluding steroid dienone is 3. The number of aliphatic hydroxyl groups is 1. The van der Waals surface area contributed by atoms with Crippen LogP contribution in [0.4, 0.5) is 0 Å². The monoisotopic (exact) mass is 398 g/mol. The number of hydrogen-bond donors (Lipinski definition) is 1. The fraction of sp³-hybridized carbons (Fsp3) is 0.857. The molecule has 0 bridgehead atoms. The Morgan fingerprint density at radius 2 is 1.97 bits per heavy atom. The van der Waals surface area contributed by atoms with E-state index >= 15 is 0 Å². The molecule has 4 aliphatic carbocycles. The van der Waals surface area contributed by atoms with Gasteiger partial charge in [-0.05, 0) is 118 Å². The maximum Gasteiger partial charge on any atom is 0.0577 e. The smallest absolute Gasteiger partial charge is 0.0577 e. The molecule has 0 aromatic heterocycles. The molecule has 4 rings (SSSR count). The molecule has 0 aromatic rings. The van der Waals surface area contributed by atoms with E-state index in [4.69, 9.17) is 0 Å². The maximum atomic E-state index is 10.2. The van der Waals surface area contributed by atoms with Gasteiger partial charge >= 0.3 is 0 Å². The quantitative estimate of drug-likeness (QED) is 0.470. The minimum absolute atomic E-state index is 0.0816. The van der Waals surface area contributed by atoms with Crippen molar-refractivity contribution in [2.24, 2.45) is 40.4 Å². The van der Waals surface area contributed by atoms with Crippen molar-refractivity contribution in [3.8, 4) is 0 Å². The van der Waals surface area contributed by atoms with Crippen molar-refractivity contribution < 1.29 is 5.11 Å². The van der Waals surface area contributed by atoms with Crippen LogP contribution in [0.3, 0.4) is 0 Å². The topological polar surface area (TPSA) is 20.2 Å². The van der Waals surface area contributed by atoms with E-state index in [0.717, 1.165) is 42.4 Å². The van der Waals surface area contributed by atoms with Crippen molar-refractivity contribution in [3.63, 3.8) is 0 Å². The fourth-order valence-corrected chi connectivity index (χ4v) is 8.56. The van der Waals surface area contributed by atoms with E-state index in [1.807, 2.05) is 0 Å². The van der Waals surface area contributed by atoms with Crippen LogP contribution in [-0.4, -0.2) is 11.2 Å². The molecule has 3 saturated carbocycles. The first kappa shape index (κ1) is 21.7. The average molecular weight is 399 g/mol. The largest absolute Gasteiger partial charge is 0.393 e. The molecule has 1 N–H and O–H groups in total. The molecule has 29 heavy (non-hydrogen) atoms. The summed E-state index contributed by atoms with van der Waals surface area (Å²) in [4.78, 5) is 0. The first-order valence-electron chi connectivity index (χ1n) is 12.8. The second kappa shape index (κ2) is 8.18. The standard InChI is InChI=1S/C28H46O/c1-6-19(2)8-7-9-20(3)24-12-13-25-23-11-10-21-18-22(29)14-16-27(21,4)26(23)15-17-28(24,25)5/h8,10,20,22-26,29H,6-7,9,11-18H2,1-5H3/b19-8+. The van der Waals surface area contributed by atoms with Crippen molar-refractivity contribution in [3.05, 3.63) is 23.3 Å². The van der Waals surface area contributed by atoms with Crippen LogP contribution in [0.2, 0.25) is 0 Å². The van der Waals surface area contributed by atoms with Gasteiger partial charge in [0.15, 0.2) is 0 Å². The summed E-state index contributed by atoms with van der Waals surface area (Å²) in [7, 11) is 0. The molecule has 0 aliphatic heterocycles. The lowest BCUT2D eigenvalue weighted by Gasteiger charge is -2.58. The van der Waals surface area contributed by atoms with Gasteiger partial charge in [-0.15, -0.1) is 0 Å². The van der Waals surface area contributed by atoms with Gasteiger partial charge in [-0.25, -0.2) is 0 Å². The van der Waals surface area contributed by atoms with Crippen molar-refractivity contribution in [2.45, 2.75) is 111 Å². The zero-order chi connectivity index (χ0) is 20.8. The van der Waals surface area contributed by atoms with Crippen LogP contribution in [0.25, 0.3) is 0 Å². The predicted molar refractivity (Wildman–Crippen MR) is 124 cm³/mol. The lowest BCUT2D eigenvalue weighted by atomic mass is 9.47. The first-order chi connectivity index (χ1) is 13.8. The molecular formula is C28H46O. The maximum absolute atomic E-state index is 10.2. The molecule has 3 fully saturated rings. The Kier molecular flexibility index (Phi) is 6.11. The highest BCUT2D eigenvalue weighted by Crippen LogP contribution is 2.67. The van der Waals surface area contributed by atoms with Gasteiger partial charge in [0.1, 0.15) is 0 Å². The summed E-state index contributed by atoms with van der Waals surface area (Å²) in [5, 5.41) is 10.2. The zero-order valence-electron chi connectivity index (χ0n) is 19.8. The Morgan fingerprint density at radius 1 is 1.17 bits per heavy atom. The van der Waals surface area contributed by atoms with E-state index in [-0.39, 0.29) is 6.10 Å². The third-order valence-electron chi connectivity index (χ3n) is 10.5. The van der Waals surface area contributed by atoms with Gasteiger partial charge in [0, 0.05) is 0 Å². The van der Waals surface area contributed by atoms with Crippen LogP contribution in [-0.2, 0) is 0 Å². The molecule has 0 saturated heterocycles. The van der Waals surface area contributed by atoms with Crippen molar-refractivity contribution in [1.82, 2.24) is 0 Å². The Morgan fingerprint density at radius 3 is 2.72 bits per heavy atom. The molecule has 8 atom stereocenters. The summed E-state index contributed by atoms with van der Waals surface area (Å²) in [5.41, 5.74) is 4.13. The molecule has 0 aromatic carbocycles. The number of rotatable bonds is 5. The third-order valence-corrected chi connectivity index (χ3v) is 10.5. The molecule has 4 aliphatic rings. The summed E-state index contributed by atoms with van der Waals surface area (Å²) >= 11 is 0. The van der Waals surface area contributed by atoms with Crippen LogP contribution in [0.1, 0.15) is 105 Å².